The highest BCUT2D eigenvalue weighted by Gasteiger charge is 2.17. The maximum absolute atomic E-state index is 12.1. The second-order valence-electron chi connectivity index (χ2n) is 5.96. The summed E-state index contributed by atoms with van der Waals surface area (Å²) in [5.74, 6) is 1.07. The molecular weight excluding hydrogens is 355 g/mol. The maximum atomic E-state index is 12.1. The van der Waals surface area contributed by atoms with Crippen molar-refractivity contribution in [3.8, 4) is 17.1 Å². The number of benzene rings is 3. The molecule has 131 valence electrons. The van der Waals surface area contributed by atoms with E-state index in [9.17, 15) is 4.79 Å². The fourth-order valence-corrected chi connectivity index (χ4v) is 3.48. The minimum atomic E-state index is -0.988. The number of para-hydroxylation sites is 3. The Morgan fingerprint density at radius 1 is 0.926 bits per heavy atom. The van der Waals surface area contributed by atoms with Gasteiger partial charge in [-0.1, -0.05) is 42.5 Å². The number of carbonyl (C=O) groups is 1. The van der Waals surface area contributed by atoms with Gasteiger partial charge in [-0.2, -0.15) is 0 Å². The smallest absolute Gasteiger partial charge is 0.615 e. The molecule has 0 aliphatic heterocycles. The predicted octanol–water partition coefficient (Wildman–Crippen LogP) is 4.01. The van der Waals surface area contributed by atoms with Gasteiger partial charge in [0, 0.05) is 7.05 Å². The largest absolute Gasteiger partial charge is 0.884 e. The molecule has 6 heteroatoms. The van der Waals surface area contributed by atoms with E-state index in [0.717, 1.165) is 22.4 Å². The summed E-state index contributed by atoms with van der Waals surface area (Å²) in [5.41, 5.74) is 3.34. The van der Waals surface area contributed by atoms with Crippen LogP contribution in [0.5, 0.6) is 5.75 Å². The lowest BCUT2D eigenvalue weighted by Gasteiger charge is -2.12. The number of rotatable bonds is 5. The Balaban J connectivity index is 1.55. The molecule has 4 rings (SSSR count). The van der Waals surface area contributed by atoms with E-state index in [2.05, 4.69) is 0 Å². The highest BCUT2D eigenvalue weighted by atomic mass is 27.2. The molecule has 0 N–H and O–H groups in total. The molecule has 0 bridgehead atoms. The third-order valence-electron chi connectivity index (χ3n) is 4.25. The third-order valence-corrected chi connectivity index (χ3v) is 4.92. The van der Waals surface area contributed by atoms with Crippen LogP contribution in [0.15, 0.2) is 78.9 Å². The second-order valence-corrected chi connectivity index (χ2v) is 6.63. The SMILES string of the molecule is Cn1c(-c2ccccc2[O][Al][O]C(=O)c2ccccc2)nc2ccccc21. The number of aromatic nitrogens is 2. The lowest BCUT2D eigenvalue weighted by Crippen LogP contribution is -2.14. The van der Waals surface area contributed by atoms with Crippen LogP contribution in [0.3, 0.4) is 0 Å². The first-order chi connectivity index (χ1) is 13.2. The van der Waals surface area contributed by atoms with E-state index in [1.165, 1.54) is 0 Å². The summed E-state index contributed by atoms with van der Waals surface area (Å²) < 4.78 is 13.2. The van der Waals surface area contributed by atoms with Crippen LogP contribution in [-0.4, -0.2) is 31.4 Å². The minimum absolute atomic E-state index is 0.384. The van der Waals surface area contributed by atoms with E-state index in [1.54, 1.807) is 24.3 Å². The Morgan fingerprint density at radius 3 is 2.44 bits per heavy atom. The predicted molar refractivity (Wildman–Crippen MR) is 104 cm³/mol. The summed E-state index contributed by atoms with van der Waals surface area (Å²) in [6.07, 6.45) is 0. The molecule has 0 fully saturated rings. The van der Waals surface area contributed by atoms with E-state index in [0.29, 0.717) is 11.3 Å². The molecule has 27 heavy (non-hydrogen) atoms. The van der Waals surface area contributed by atoms with Gasteiger partial charge in [0.1, 0.15) is 5.82 Å². The second kappa shape index (κ2) is 7.67. The quantitative estimate of drug-likeness (QED) is 0.498. The van der Waals surface area contributed by atoms with Crippen molar-refractivity contribution < 1.29 is 12.4 Å². The van der Waals surface area contributed by atoms with E-state index >= 15 is 0 Å². The molecule has 0 saturated heterocycles. The van der Waals surface area contributed by atoms with Crippen LogP contribution in [0.1, 0.15) is 10.4 Å². The molecule has 1 heterocycles. The van der Waals surface area contributed by atoms with Gasteiger partial charge < -0.3 is 12.1 Å². The van der Waals surface area contributed by atoms with Gasteiger partial charge in [-0.15, -0.1) is 0 Å². The molecule has 0 amide bonds. The normalized spacial score (nSPS) is 10.6. The van der Waals surface area contributed by atoms with Crippen molar-refractivity contribution in [1.29, 1.82) is 0 Å². The lowest BCUT2D eigenvalue weighted by atomic mass is 10.2. The molecule has 0 atom stereocenters. The van der Waals surface area contributed by atoms with Crippen molar-refractivity contribution in [2.24, 2.45) is 7.05 Å². The maximum Gasteiger partial charge on any atom is 0.884 e. The van der Waals surface area contributed by atoms with Crippen molar-refractivity contribution in [2.75, 3.05) is 0 Å². The van der Waals surface area contributed by atoms with Crippen LogP contribution in [0.4, 0.5) is 0 Å². The van der Waals surface area contributed by atoms with Crippen LogP contribution < -0.4 is 3.79 Å². The molecule has 0 saturated carbocycles. The van der Waals surface area contributed by atoms with Crippen LogP contribution >= 0.6 is 0 Å². The molecule has 0 aliphatic carbocycles. The lowest BCUT2D eigenvalue weighted by molar-refractivity contribution is 0.0722. The van der Waals surface area contributed by atoms with Gasteiger partial charge >= 0.3 is 21.9 Å². The Hall–Kier alpha value is -3.07. The molecule has 1 aromatic heterocycles. The number of carbonyl (C=O) groups excluding carboxylic acids is 1. The van der Waals surface area contributed by atoms with Crippen molar-refractivity contribution in [1.82, 2.24) is 9.55 Å². The van der Waals surface area contributed by atoms with Crippen molar-refractivity contribution >= 4 is 32.9 Å². The van der Waals surface area contributed by atoms with E-state index in [1.807, 2.05) is 66.2 Å². The molecule has 5 nitrogen and oxygen atoms in total. The van der Waals surface area contributed by atoms with Crippen molar-refractivity contribution in [3.05, 3.63) is 84.4 Å². The summed E-state index contributed by atoms with van der Waals surface area (Å²) in [5, 5.41) is 0. The molecular formula is C21H16AlN2O3. The topological polar surface area (TPSA) is 53.4 Å². The molecule has 0 aliphatic rings. The van der Waals surface area contributed by atoms with Crippen molar-refractivity contribution in [3.63, 3.8) is 0 Å². The fourth-order valence-electron chi connectivity index (χ4n) is 2.90. The number of imidazole rings is 1. The van der Waals surface area contributed by atoms with E-state index in [4.69, 9.17) is 12.6 Å². The van der Waals surface area contributed by atoms with Gasteiger partial charge in [0.25, 0.3) is 0 Å². The first-order valence-electron chi connectivity index (χ1n) is 8.49. The summed E-state index contributed by atoms with van der Waals surface area (Å²) in [6.45, 7) is 0. The average Bonchev–Trinajstić information content (AvgIpc) is 3.06. The Bertz CT molecular complexity index is 1090. The van der Waals surface area contributed by atoms with Gasteiger partial charge in [0.15, 0.2) is 0 Å². The summed E-state index contributed by atoms with van der Waals surface area (Å²) in [4.78, 5) is 16.8. The summed E-state index contributed by atoms with van der Waals surface area (Å²) >= 11 is -0.988. The number of fused-ring (bicyclic) bond motifs is 1. The van der Waals surface area contributed by atoms with Crippen LogP contribution in [0.2, 0.25) is 0 Å². The monoisotopic (exact) mass is 371 g/mol. The summed E-state index contributed by atoms with van der Waals surface area (Å²) in [7, 11) is 1.98. The molecule has 0 spiro atoms. The zero-order chi connectivity index (χ0) is 18.6. The number of hydrogen-bond donors (Lipinski definition) is 0. The first-order valence-corrected chi connectivity index (χ1v) is 9.43. The zero-order valence-corrected chi connectivity index (χ0v) is 15.9. The van der Waals surface area contributed by atoms with Crippen LogP contribution in [0.25, 0.3) is 22.4 Å². The molecule has 3 aromatic carbocycles. The highest BCUT2D eigenvalue weighted by molar-refractivity contribution is 6.25. The van der Waals surface area contributed by atoms with Gasteiger partial charge in [0.05, 0.1) is 27.9 Å². The number of aryl methyl sites for hydroxylation is 1. The minimum Gasteiger partial charge on any atom is -0.615 e. The standard InChI is InChI=1S/C14H12N2O.C7H6O2.Al/c1-16-12-8-4-3-7-11(12)15-14(16)10-6-2-5-9-13(10)17;8-7(9)6-4-2-1-3-5-6;/h2-9,17H,1H3;1-5H,(H,8,9);/q;;+2/p-2. The zero-order valence-electron chi connectivity index (χ0n) is 14.7. The van der Waals surface area contributed by atoms with E-state index in [-0.39, 0.29) is 5.97 Å². The molecule has 1 radical (unpaired) electrons. The van der Waals surface area contributed by atoms with Gasteiger partial charge in [-0.05, 0) is 36.4 Å². The Kier molecular flexibility index (Phi) is 4.93. The molecule has 4 aromatic rings. The van der Waals surface area contributed by atoms with Gasteiger partial charge in [0.2, 0.25) is 0 Å². The third kappa shape index (κ3) is 3.59. The fraction of sp³-hybridized carbons (Fsp3) is 0.0476. The average molecular weight is 371 g/mol. The number of nitrogens with zero attached hydrogens (tertiary/aromatic N) is 2. The first kappa shape index (κ1) is 17.4. The van der Waals surface area contributed by atoms with Gasteiger partial charge in [-0.25, -0.2) is 9.78 Å². The highest BCUT2D eigenvalue weighted by Crippen LogP contribution is 2.31. The summed E-state index contributed by atoms with van der Waals surface area (Å²) in [6, 6.07) is 24.5. The Labute approximate surface area is 163 Å². The van der Waals surface area contributed by atoms with E-state index < -0.39 is 15.9 Å². The van der Waals surface area contributed by atoms with Crippen LogP contribution in [0, 0.1) is 0 Å². The van der Waals surface area contributed by atoms with Crippen LogP contribution in [-0.2, 0) is 10.8 Å². The van der Waals surface area contributed by atoms with Gasteiger partial charge in [-0.3, -0.25) is 0 Å². The molecule has 0 unspecified atom stereocenters. The van der Waals surface area contributed by atoms with Crippen molar-refractivity contribution in [2.45, 2.75) is 0 Å². The number of hydrogen-bond acceptors (Lipinski definition) is 4. The Morgan fingerprint density at radius 2 is 1.63 bits per heavy atom.